The highest BCUT2D eigenvalue weighted by Crippen LogP contribution is 2.22. The van der Waals surface area contributed by atoms with Gasteiger partial charge in [0.15, 0.2) is 0 Å². The Hall–Kier alpha value is -0.850. The molecule has 0 bridgehead atoms. The molecule has 0 saturated carbocycles. The zero-order valence-corrected chi connectivity index (χ0v) is 16.2. The van der Waals surface area contributed by atoms with Crippen LogP contribution in [-0.2, 0) is 4.79 Å². The van der Waals surface area contributed by atoms with Gasteiger partial charge in [0.25, 0.3) is 0 Å². The summed E-state index contributed by atoms with van der Waals surface area (Å²) >= 11 is 0. The minimum absolute atomic E-state index is 0.739. The number of carbonyl (C=O) groups is 1. The first-order chi connectivity index (χ1) is 11.1. The molecule has 0 amide bonds. The molecule has 0 fully saturated rings. The van der Waals surface area contributed by atoms with E-state index >= 15 is 0 Å². The fraction of sp³-hybridized carbons (Fsp3) is 0.773. The van der Waals surface area contributed by atoms with Gasteiger partial charge >= 0.3 is 0 Å². The molecule has 0 heterocycles. The first kappa shape index (κ1) is 22.1. The Balaban J connectivity index is 4.01. The van der Waals surface area contributed by atoms with Gasteiger partial charge in [0, 0.05) is 6.42 Å². The van der Waals surface area contributed by atoms with E-state index in [-0.39, 0.29) is 0 Å². The molecule has 0 aliphatic heterocycles. The van der Waals surface area contributed by atoms with Crippen molar-refractivity contribution in [1.82, 2.24) is 0 Å². The van der Waals surface area contributed by atoms with Gasteiger partial charge in [-0.05, 0) is 58.8 Å². The lowest BCUT2D eigenvalue weighted by atomic mass is 9.91. The fourth-order valence-electron chi connectivity index (χ4n) is 3.03. The number of unbranched alkanes of at least 4 members (excludes halogenated alkanes) is 4. The average Bonchev–Trinajstić information content (AvgIpc) is 2.51. The molecule has 0 spiro atoms. The minimum Gasteiger partial charge on any atom is -0.303 e. The number of carbonyl (C=O) groups excluding carboxylic acids is 1. The smallest absolute Gasteiger partial charge is 0.120 e. The Morgan fingerprint density at radius 2 is 1.52 bits per heavy atom. The Morgan fingerprint density at radius 3 is 2.17 bits per heavy atom. The molecule has 0 saturated heterocycles. The normalized spacial score (nSPS) is 13.0. The second-order valence-corrected chi connectivity index (χ2v) is 7.26. The van der Waals surface area contributed by atoms with Crippen LogP contribution in [0.15, 0.2) is 23.3 Å². The number of aldehydes is 1. The van der Waals surface area contributed by atoms with Crippen molar-refractivity contribution in [3.8, 4) is 0 Å². The monoisotopic (exact) mass is 320 g/mol. The summed E-state index contributed by atoms with van der Waals surface area (Å²) in [5.41, 5.74) is 2.93. The third kappa shape index (κ3) is 15.8. The lowest BCUT2D eigenvalue weighted by Crippen LogP contribution is -2.01. The molecule has 23 heavy (non-hydrogen) atoms. The van der Waals surface area contributed by atoms with Crippen LogP contribution in [0.5, 0.6) is 0 Å². The van der Waals surface area contributed by atoms with E-state index in [1.54, 1.807) is 0 Å². The van der Waals surface area contributed by atoms with Gasteiger partial charge in [0.05, 0.1) is 0 Å². The van der Waals surface area contributed by atoms with Crippen LogP contribution in [0.4, 0.5) is 0 Å². The Labute approximate surface area is 145 Å². The Bertz CT molecular complexity index is 334. The molecule has 1 atom stereocenters. The van der Waals surface area contributed by atoms with Crippen LogP contribution in [0.1, 0.15) is 105 Å². The van der Waals surface area contributed by atoms with Gasteiger partial charge in [-0.1, -0.05) is 68.7 Å². The summed E-state index contributed by atoms with van der Waals surface area (Å²) in [5, 5.41) is 0. The molecule has 0 N–H and O–H groups in total. The molecule has 0 aromatic carbocycles. The van der Waals surface area contributed by atoms with Crippen LogP contribution in [0, 0.1) is 5.92 Å². The van der Waals surface area contributed by atoms with Crippen molar-refractivity contribution in [2.75, 3.05) is 0 Å². The second kappa shape index (κ2) is 16.0. The lowest BCUT2D eigenvalue weighted by Gasteiger charge is -2.15. The Kier molecular flexibility index (Phi) is 15.4. The van der Waals surface area contributed by atoms with Gasteiger partial charge in [-0.2, -0.15) is 0 Å². The van der Waals surface area contributed by atoms with Crippen LogP contribution in [0.25, 0.3) is 0 Å². The van der Waals surface area contributed by atoms with Gasteiger partial charge in [-0.15, -0.1) is 0 Å². The third-order valence-corrected chi connectivity index (χ3v) is 4.57. The molecular formula is C22H40O. The van der Waals surface area contributed by atoms with Crippen LogP contribution >= 0.6 is 0 Å². The molecule has 0 aliphatic carbocycles. The van der Waals surface area contributed by atoms with Crippen molar-refractivity contribution in [3.05, 3.63) is 23.3 Å². The highest BCUT2D eigenvalue weighted by atomic mass is 16.1. The van der Waals surface area contributed by atoms with Crippen molar-refractivity contribution in [2.45, 2.75) is 105 Å². The number of hydrogen-bond donors (Lipinski definition) is 0. The zero-order valence-electron chi connectivity index (χ0n) is 16.2. The summed E-state index contributed by atoms with van der Waals surface area (Å²) in [6, 6.07) is 0. The summed E-state index contributed by atoms with van der Waals surface area (Å²) in [4.78, 5) is 10.7. The summed E-state index contributed by atoms with van der Waals surface area (Å²) in [5.74, 6) is 0.739. The van der Waals surface area contributed by atoms with E-state index in [0.717, 1.165) is 31.5 Å². The van der Waals surface area contributed by atoms with E-state index < -0.39 is 0 Å². The van der Waals surface area contributed by atoms with E-state index in [0.29, 0.717) is 0 Å². The van der Waals surface area contributed by atoms with Crippen molar-refractivity contribution in [3.63, 3.8) is 0 Å². The standard InChI is InChI=1S/C22H40O/c1-5-6-7-8-9-16-22(18-12-19-23)17-11-15-21(4)14-10-13-20(2)3/h13,15,19,22H,5-12,14,16-18H2,1-4H3. The summed E-state index contributed by atoms with van der Waals surface area (Å²) in [6.45, 7) is 8.84. The van der Waals surface area contributed by atoms with E-state index in [9.17, 15) is 4.79 Å². The van der Waals surface area contributed by atoms with Gasteiger partial charge in [0.1, 0.15) is 6.29 Å². The number of rotatable bonds is 15. The second-order valence-electron chi connectivity index (χ2n) is 7.26. The predicted octanol–water partition coefficient (Wildman–Crippen LogP) is 7.42. The maximum Gasteiger partial charge on any atom is 0.120 e. The summed E-state index contributed by atoms with van der Waals surface area (Å²) in [7, 11) is 0. The highest BCUT2D eigenvalue weighted by molar-refractivity contribution is 5.49. The molecule has 0 aromatic rings. The predicted molar refractivity (Wildman–Crippen MR) is 104 cm³/mol. The molecule has 1 unspecified atom stereocenters. The molecule has 1 heteroatoms. The molecule has 134 valence electrons. The molecule has 0 aromatic heterocycles. The quantitative estimate of drug-likeness (QED) is 0.174. The van der Waals surface area contributed by atoms with Crippen molar-refractivity contribution >= 4 is 6.29 Å². The number of hydrogen-bond acceptors (Lipinski definition) is 1. The first-order valence-corrected chi connectivity index (χ1v) is 9.82. The van der Waals surface area contributed by atoms with Crippen LogP contribution in [0.2, 0.25) is 0 Å². The van der Waals surface area contributed by atoms with Crippen molar-refractivity contribution in [1.29, 1.82) is 0 Å². The topological polar surface area (TPSA) is 17.1 Å². The van der Waals surface area contributed by atoms with E-state index in [1.807, 2.05) is 0 Å². The SMILES string of the molecule is CCCCCCCC(CCC=O)CCC=C(C)CCC=C(C)C. The molecule has 0 radical (unpaired) electrons. The maximum absolute atomic E-state index is 10.7. The van der Waals surface area contributed by atoms with Crippen molar-refractivity contribution < 1.29 is 4.79 Å². The molecule has 0 rings (SSSR count). The average molecular weight is 321 g/mol. The summed E-state index contributed by atoms with van der Waals surface area (Å²) in [6.07, 6.45) is 20.5. The van der Waals surface area contributed by atoms with Gasteiger partial charge in [-0.3, -0.25) is 0 Å². The van der Waals surface area contributed by atoms with Crippen LogP contribution < -0.4 is 0 Å². The minimum atomic E-state index is 0.739. The van der Waals surface area contributed by atoms with Gasteiger partial charge in [0.2, 0.25) is 0 Å². The highest BCUT2D eigenvalue weighted by Gasteiger charge is 2.07. The molecular weight excluding hydrogens is 280 g/mol. The molecule has 0 aliphatic rings. The largest absolute Gasteiger partial charge is 0.303 e. The zero-order chi connectivity index (χ0) is 17.3. The Morgan fingerprint density at radius 1 is 0.826 bits per heavy atom. The summed E-state index contributed by atoms with van der Waals surface area (Å²) < 4.78 is 0. The number of allylic oxidation sites excluding steroid dienone is 4. The lowest BCUT2D eigenvalue weighted by molar-refractivity contribution is -0.108. The maximum atomic E-state index is 10.7. The van der Waals surface area contributed by atoms with E-state index in [1.165, 1.54) is 68.9 Å². The van der Waals surface area contributed by atoms with E-state index in [2.05, 4.69) is 39.8 Å². The van der Waals surface area contributed by atoms with E-state index in [4.69, 9.17) is 0 Å². The van der Waals surface area contributed by atoms with Crippen LogP contribution in [0.3, 0.4) is 0 Å². The fourth-order valence-corrected chi connectivity index (χ4v) is 3.03. The first-order valence-electron chi connectivity index (χ1n) is 9.82. The molecule has 1 nitrogen and oxygen atoms in total. The van der Waals surface area contributed by atoms with Gasteiger partial charge < -0.3 is 4.79 Å². The van der Waals surface area contributed by atoms with Crippen LogP contribution in [-0.4, -0.2) is 6.29 Å². The third-order valence-electron chi connectivity index (χ3n) is 4.57. The van der Waals surface area contributed by atoms with Crippen molar-refractivity contribution in [2.24, 2.45) is 5.92 Å². The van der Waals surface area contributed by atoms with Gasteiger partial charge in [-0.25, -0.2) is 0 Å².